The molecule has 0 amide bonds. The first-order valence-electron chi connectivity index (χ1n) is 8.00. The van der Waals surface area contributed by atoms with E-state index >= 15 is 0 Å². The highest BCUT2D eigenvalue weighted by Gasteiger charge is 2.47. The van der Waals surface area contributed by atoms with Crippen molar-refractivity contribution in [1.29, 1.82) is 0 Å². The third-order valence-electron chi connectivity index (χ3n) is 5.88. The molecule has 3 fully saturated rings. The van der Waals surface area contributed by atoms with Gasteiger partial charge in [0.15, 0.2) is 0 Å². The Hall–Kier alpha value is -0.0800. The Morgan fingerprint density at radius 2 is 1.89 bits per heavy atom. The molecule has 2 N–H and O–H groups in total. The lowest BCUT2D eigenvalue weighted by Gasteiger charge is -2.47. The van der Waals surface area contributed by atoms with Crippen LogP contribution in [0, 0.1) is 17.3 Å². The van der Waals surface area contributed by atoms with Gasteiger partial charge in [0.2, 0.25) is 0 Å². The SMILES string of the molecule is CC1(C)CCN(C2(CN)CCCC(C3CC3)C2)C1. The maximum absolute atomic E-state index is 6.25. The van der Waals surface area contributed by atoms with E-state index in [1.54, 1.807) is 0 Å². The third kappa shape index (κ3) is 2.34. The molecule has 0 aromatic carbocycles. The minimum Gasteiger partial charge on any atom is -0.329 e. The average Bonchev–Trinajstić information content (AvgIpc) is 3.14. The molecule has 2 unspecified atom stereocenters. The van der Waals surface area contributed by atoms with Crippen LogP contribution in [0.15, 0.2) is 0 Å². The van der Waals surface area contributed by atoms with E-state index in [2.05, 4.69) is 18.7 Å². The van der Waals surface area contributed by atoms with Crippen LogP contribution in [0.25, 0.3) is 0 Å². The molecule has 1 heterocycles. The topological polar surface area (TPSA) is 29.3 Å². The zero-order chi connectivity index (χ0) is 12.8. The molecule has 0 aromatic heterocycles. The Morgan fingerprint density at radius 1 is 1.11 bits per heavy atom. The molecule has 0 spiro atoms. The molecule has 2 nitrogen and oxygen atoms in total. The summed E-state index contributed by atoms with van der Waals surface area (Å²) in [5.41, 5.74) is 7.12. The third-order valence-corrected chi connectivity index (χ3v) is 5.88. The Morgan fingerprint density at radius 3 is 2.44 bits per heavy atom. The van der Waals surface area contributed by atoms with Gasteiger partial charge in [-0.05, 0) is 55.9 Å². The van der Waals surface area contributed by atoms with Gasteiger partial charge in [-0.3, -0.25) is 4.90 Å². The quantitative estimate of drug-likeness (QED) is 0.834. The van der Waals surface area contributed by atoms with E-state index in [0.29, 0.717) is 11.0 Å². The number of nitrogens with two attached hydrogens (primary N) is 1. The van der Waals surface area contributed by atoms with Crippen molar-refractivity contribution < 1.29 is 0 Å². The van der Waals surface area contributed by atoms with Crippen molar-refractivity contribution in [3.63, 3.8) is 0 Å². The van der Waals surface area contributed by atoms with Crippen LogP contribution in [0.4, 0.5) is 0 Å². The first kappa shape index (κ1) is 12.9. The molecule has 2 saturated carbocycles. The van der Waals surface area contributed by atoms with E-state index in [9.17, 15) is 0 Å². The molecule has 2 aliphatic carbocycles. The van der Waals surface area contributed by atoms with Crippen LogP contribution in [-0.4, -0.2) is 30.1 Å². The second kappa shape index (κ2) is 4.49. The zero-order valence-electron chi connectivity index (χ0n) is 12.3. The molecule has 3 aliphatic rings. The summed E-state index contributed by atoms with van der Waals surface area (Å²) in [6.45, 7) is 8.26. The van der Waals surface area contributed by atoms with E-state index in [-0.39, 0.29) is 0 Å². The average molecular weight is 250 g/mol. The zero-order valence-corrected chi connectivity index (χ0v) is 12.3. The number of hydrogen-bond acceptors (Lipinski definition) is 2. The van der Waals surface area contributed by atoms with Crippen LogP contribution in [0.2, 0.25) is 0 Å². The van der Waals surface area contributed by atoms with Crippen LogP contribution >= 0.6 is 0 Å². The normalized spacial score (nSPS) is 41.2. The van der Waals surface area contributed by atoms with Crippen molar-refractivity contribution in [2.24, 2.45) is 23.0 Å². The summed E-state index contributed by atoms with van der Waals surface area (Å²) in [6, 6.07) is 0. The van der Waals surface area contributed by atoms with E-state index < -0.39 is 0 Å². The first-order chi connectivity index (χ1) is 8.55. The maximum atomic E-state index is 6.25. The predicted octanol–water partition coefficient (Wildman–Crippen LogP) is 3.02. The molecule has 0 aromatic rings. The molecule has 0 radical (unpaired) electrons. The summed E-state index contributed by atoms with van der Waals surface area (Å²) in [5.74, 6) is 2.05. The maximum Gasteiger partial charge on any atom is 0.0334 e. The van der Waals surface area contributed by atoms with Gasteiger partial charge in [0.05, 0.1) is 0 Å². The lowest BCUT2D eigenvalue weighted by molar-refractivity contribution is 0.0427. The summed E-state index contributed by atoms with van der Waals surface area (Å²) in [5, 5.41) is 0. The van der Waals surface area contributed by atoms with Crippen molar-refractivity contribution in [2.75, 3.05) is 19.6 Å². The smallest absolute Gasteiger partial charge is 0.0334 e. The van der Waals surface area contributed by atoms with Crippen LogP contribution in [0.5, 0.6) is 0 Å². The second-order valence-corrected chi connectivity index (χ2v) is 7.96. The van der Waals surface area contributed by atoms with E-state index in [4.69, 9.17) is 5.73 Å². The molecule has 3 rings (SSSR count). The number of hydrogen-bond donors (Lipinski definition) is 1. The van der Waals surface area contributed by atoms with Gasteiger partial charge in [0.25, 0.3) is 0 Å². The van der Waals surface area contributed by atoms with Crippen molar-refractivity contribution >= 4 is 0 Å². The molecular weight excluding hydrogens is 220 g/mol. The monoisotopic (exact) mass is 250 g/mol. The largest absolute Gasteiger partial charge is 0.329 e. The summed E-state index contributed by atoms with van der Waals surface area (Å²) in [4.78, 5) is 2.77. The van der Waals surface area contributed by atoms with Gasteiger partial charge in [0, 0.05) is 18.6 Å². The summed E-state index contributed by atoms with van der Waals surface area (Å²) < 4.78 is 0. The first-order valence-corrected chi connectivity index (χ1v) is 8.00. The van der Waals surface area contributed by atoms with Crippen molar-refractivity contribution in [2.45, 2.75) is 64.3 Å². The molecule has 1 aliphatic heterocycles. The number of nitrogens with zero attached hydrogens (tertiary/aromatic N) is 1. The highest BCUT2D eigenvalue weighted by molar-refractivity contribution is 5.02. The molecule has 104 valence electrons. The second-order valence-electron chi connectivity index (χ2n) is 7.96. The summed E-state index contributed by atoms with van der Waals surface area (Å²) in [6.07, 6.45) is 9.97. The molecule has 0 bridgehead atoms. The fourth-order valence-corrected chi connectivity index (χ4v) is 4.47. The van der Waals surface area contributed by atoms with Gasteiger partial charge < -0.3 is 5.73 Å². The highest BCUT2D eigenvalue weighted by atomic mass is 15.2. The fourth-order valence-electron chi connectivity index (χ4n) is 4.47. The van der Waals surface area contributed by atoms with E-state index in [1.807, 2.05) is 0 Å². The van der Waals surface area contributed by atoms with Crippen LogP contribution in [0.1, 0.15) is 58.8 Å². The predicted molar refractivity (Wildman–Crippen MR) is 76.4 cm³/mol. The Bertz CT molecular complexity index is 308. The van der Waals surface area contributed by atoms with Gasteiger partial charge in [-0.25, -0.2) is 0 Å². The van der Waals surface area contributed by atoms with Crippen LogP contribution in [-0.2, 0) is 0 Å². The molecular formula is C16H30N2. The van der Waals surface area contributed by atoms with Gasteiger partial charge in [-0.15, -0.1) is 0 Å². The van der Waals surface area contributed by atoms with Crippen molar-refractivity contribution in [3.05, 3.63) is 0 Å². The number of likely N-dealkylation sites (tertiary alicyclic amines) is 1. The Kier molecular flexibility index (Phi) is 3.22. The molecule has 18 heavy (non-hydrogen) atoms. The Labute approximate surface area is 112 Å². The molecule has 2 heteroatoms. The standard InChI is InChI=1S/C16H30N2/c1-15(2)8-9-18(12-15)16(11-17)7-3-4-14(10-16)13-5-6-13/h13-14H,3-12,17H2,1-2H3. The number of rotatable bonds is 3. The minimum atomic E-state index is 0.360. The van der Waals surface area contributed by atoms with E-state index in [1.165, 1.54) is 58.0 Å². The van der Waals surface area contributed by atoms with Crippen molar-refractivity contribution in [3.8, 4) is 0 Å². The van der Waals surface area contributed by atoms with Gasteiger partial charge in [0.1, 0.15) is 0 Å². The van der Waals surface area contributed by atoms with Crippen LogP contribution in [0.3, 0.4) is 0 Å². The van der Waals surface area contributed by atoms with Gasteiger partial charge >= 0.3 is 0 Å². The van der Waals surface area contributed by atoms with E-state index in [0.717, 1.165) is 18.4 Å². The lowest BCUT2D eigenvalue weighted by Crippen LogP contribution is -2.56. The minimum absolute atomic E-state index is 0.360. The van der Waals surface area contributed by atoms with Crippen LogP contribution < -0.4 is 5.73 Å². The summed E-state index contributed by atoms with van der Waals surface area (Å²) in [7, 11) is 0. The molecule has 1 saturated heterocycles. The highest BCUT2D eigenvalue weighted by Crippen LogP contribution is 2.49. The molecule has 2 atom stereocenters. The van der Waals surface area contributed by atoms with Gasteiger partial charge in [-0.1, -0.05) is 26.7 Å². The van der Waals surface area contributed by atoms with Gasteiger partial charge in [-0.2, -0.15) is 0 Å². The fraction of sp³-hybridized carbons (Fsp3) is 1.00. The van der Waals surface area contributed by atoms with Crippen molar-refractivity contribution in [1.82, 2.24) is 4.90 Å². The summed E-state index contributed by atoms with van der Waals surface area (Å²) >= 11 is 0. The lowest BCUT2D eigenvalue weighted by atomic mass is 9.72. The Balaban J connectivity index is 1.72.